The van der Waals surface area contributed by atoms with Crippen LogP contribution in [0, 0.1) is 5.82 Å². The van der Waals surface area contributed by atoms with E-state index in [4.69, 9.17) is 4.84 Å². The number of carbonyl (C=O) groups is 1. The molecule has 146 valence electrons. The summed E-state index contributed by atoms with van der Waals surface area (Å²) in [6.45, 7) is 1.81. The minimum atomic E-state index is -3.68. The number of benzene rings is 1. The van der Waals surface area contributed by atoms with Crippen LogP contribution in [0.5, 0.6) is 0 Å². The maximum atomic E-state index is 14.6. The van der Waals surface area contributed by atoms with Crippen molar-refractivity contribution in [3.63, 3.8) is 0 Å². The maximum Gasteiger partial charge on any atom is 0.288 e. The Balaban J connectivity index is 2.65. The van der Waals surface area contributed by atoms with Gasteiger partial charge < -0.3 is 9.88 Å². The summed E-state index contributed by atoms with van der Waals surface area (Å²) < 4.78 is 40.1. The van der Waals surface area contributed by atoms with E-state index in [1.54, 1.807) is 6.92 Å². The van der Waals surface area contributed by atoms with Gasteiger partial charge in [0.2, 0.25) is 5.82 Å². The summed E-state index contributed by atoms with van der Waals surface area (Å²) in [7, 11) is -2.39. The SMILES string of the molecule is CCONC(=O)c1cn(C)c(=O)c(F)c1Nc1ccc(Br)cc1S(C)(=O)=O. The zero-order valence-corrected chi connectivity index (χ0v) is 17.1. The van der Waals surface area contributed by atoms with Crippen LogP contribution in [0.1, 0.15) is 17.3 Å². The molecule has 0 unspecified atom stereocenters. The van der Waals surface area contributed by atoms with Crippen molar-refractivity contribution < 1.29 is 22.4 Å². The molecule has 0 atom stereocenters. The molecule has 27 heavy (non-hydrogen) atoms. The third-order valence-electron chi connectivity index (χ3n) is 3.48. The number of aromatic nitrogens is 1. The van der Waals surface area contributed by atoms with E-state index in [0.29, 0.717) is 4.47 Å². The second-order valence-electron chi connectivity index (χ2n) is 5.55. The summed E-state index contributed by atoms with van der Waals surface area (Å²) in [5.74, 6) is -2.03. The molecule has 8 nitrogen and oxygen atoms in total. The number of pyridine rings is 1. The van der Waals surface area contributed by atoms with E-state index in [9.17, 15) is 22.4 Å². The topological polar surface area (TPSA) is 106 Å². The molecule has 2 N–H and O–H groups in total. The maximum absolute atomic E-state index is 14.6. The zero-order valence-electron chi connectivity index (χ0n) is 14.7. The first-order valence-electron chi connectivity index (χ1n) is 7.64. The van der Waals surface area contributed by atoms with Crippen LogP contribution in [0.25, 0.3) is 0 Å². The van der Waals surface area contributed by atoms with E-state index in [2.05, 4.69) is 26.7 Å². The molecule has 1 aromatic carbocycles. The molecule has 0 bridgehead atoms. The minimum Gasteiger partial charge on any atom is -0.351 e. The Hall–Kier alpha value is -2.24. The number of sulfone groups is 1. The molecule has 0 aliphatic heterocycles. The molecule has 1 heterocycles. The van der Waals surface area contributed by atoms with Gasteiger partial charge in [-0.3, -0.25) is 14.4 Å². The van der Waals surface area contributed by atoms with Gasteiger partial charge in [-0.15, -0.1) is 0 Å². The van der Waals surface area contributed by atoms with Crippen LogP contribution in [0.2, 0.25) is 0 Å². The normalized spacial score (nSPS) is 11.3. The van der Waals surface area contributed by atoms with Crippen molar-refractivity contribution in [1.82, 2.24) is 10.0 Å². The molecule has 2 aromatic rings. The fraction of sp³-hybridized carbons (Fsp3) is 0.250. The lowest BCUT2D eigenvalue weighted by molar-refractivity contribution is 0.0364. The van der Waals surface area contributed by atoms with E-state index in [0.717, 1.165) is 17.0 Å². The molecule has 0 aliphatic carbocycles. The average Bonchev–Trinajstić information content (AvgIpc) is 2.60. The van der Waals surface area contributed by atoms with Gasteiger partial charge in [0.25, 0.3) is 11.5 Å². The average molecular weight is 462 g/mol. The van der Waals surface area contributed by atoms with Crippen LogP contribution < -0.4 is 16.4 Å². The van der Waals surface area contributed by atoms with Crippen molar-refractivity contribution in [2.75, 3.05) is 18.2 Å². The lowest BCUT2D eigenvalue weighted by atomic mass is 10.2. The summed E-state index contributed by atoms with van der Waals surface area (Å²) in [4.78, 5) is 28.9. The van der Waals surface area contributed by atoms with Crippen molar-refractivity contribution in [3.05, 3.63) is 50.6 Å². The highest BCUT2D eigenvalue weighted by atomic mass is 79.9. The molecule has 0 saturated heterocycles. The number of hydroxylamine groups is 1. The van der Waals surface area contributed by atoms with Crippen LogP contribution in [-0.2, 0) is 21.7 Å². The lowest BCUT2D eigenvalue weighted by Gasteiger charge is -2.16. The number of hydrogen-bond donors (Lipinski definition) is 2. The van der Waals surface area contributed by atoms with Crippen LogP contribution in [0.4, 0.5) is 15.8 Å². The van der Waals surface area contributed by atoms with Gasteiger partial charge in [-0.05, 0) is 25.1 Å². The number of carbonyl (C=O) groups excluding carboxylic acids is 1. The molecule has 0 saturated carbocycles. The lowest BCUT2D eigenvalue weighted by Crippen LogP contribution is -2.29. The van der Waals surface area contributed by atoms with Gasteiger partial charge in [0.15, 0.2) is 9.84 Å². The smallest absolute Gasteiger partial charge is 0.288 e. The van der Waals surface area contributed by atoms with Gasteiger partial charge in [-0.25, -0.2) is 13.9 Å². The van der Waals surface area contributed by atoms with Gasteiger partial charge in [0.1, 0.15) is 0 Å². The Morgan fingerprint density at radius 1 is 1.37 bits per heavy atom. The second-order valence-corrected chi connectivity index (χ2v) is 8.45. The minimum absolute atomic E-state index is 0.0123. The van der Waals surface area contributed by atoms with E-state index in [1.807, 2.05) is 0 Å². The van der Waals surface area contributed by atoms with E-state index < -0.39 is 32.8 Å². The Labute approximate surface area is 163 Å². The monoisotopic (exact) mass is 461 g/mol. The van der Waals surface area contributed by atoms with Crippen LogP contribution in [-0.4, -0.2) is 31.8 Å². The highest BCUT2D eigenvalue weighted by Gasteiger charge is 2.23. The van der Waals surface area contributed by atoms with Crippen LogP contribution >= 0.6 is 15.9 Å². The second kappa shape index (κ2) is 8.19. The van der Waals surface area contributed by atoms with E-state index >= 15 is 0 Å². The van der Waals surface area contributed by atoms with Gasteiger partial charge in [0.05, 0.1) is 28.4 Å². The summed E-state index contributed by atoms with van der Waals surface area (Å²) >= 11 is 3.18. The fourth-order valence-corrected chi connectivity index (χ4v) is 3.60. The first kappa shape index (κ1) is 21.1. The summed E-state index contributed by atoms with van der Waals surface area (Å²) in [5, 5.41) is 2.56. The Morgan fingerprint density at radius 3 is 2.63 bits per heavy atom. The van der Waals surface area contributed by atoms with Gasteiger partial charge >= 0.3 is 0 Å². The molecule has 0 fully saturated rings. The number of hydrogen-bond acceptors (Lipinski definition) is 6. The molecule has 0 spiro atoms. The highest BCUT2D eigenvalue weighted by Crippen LogP contribution is 2.30. The molecular weight excluding hydrogens is 445 g/mol. The largest absolute Gasteiger partial charge is 0.351 e. The van der Waals surface area contributed by atoms with Gasteiger partial charge in [-0.2, -0.15) is 4.39 Å². The molecule has 0 aliphatic rings. The third-order valence-corrected chi connectivity index (χ3v) is 5.11. The first-order valence-corrected chi connectivity index (χ1v) is 10.3. The molecule has 0 radical (unpaired) electrons. The van der Waals surface area contributed by atoms with Crippen molar-refractivity contribution in [1.29, 1.82) is 0 Å². The van der Waals surface area contributed by atoms with Crippen LogP contribution in [0.3, 0.4) is 0 Å². The fourth-order valence-electron chi connectivity index (χ4n) is 2.22. The summed E-state index contributed by atoms with van der Waals surface area (Å²) in [6.07, 6.45) is 2.12. The van der Waals surface area contributed by atoms with Crippen molar-refractivity contribution in [2.45, 2.75) is 11.8 Å². The number of nitrogens with zero attached hydrogens (tertiary/aromatic N) is 1. The van der Waals surface area contributed by atoms with Crippen LogP contribution in [0.15, 0.2) is 38.6 Å². The first-order chi connectivity index (χ1) is 12.6. The quantitative estimate of drug-likeness (QED) is 0.638. The number of rotatable bonds is 6. The molecule has 2 rings (SSSR count). The Bertz CT molecular complexity index is 1050. The number of anilines is 2. The summed E-state index contributed by atoms with van der Waals surface area (Å²) in [6, 6.07) is 4.26. The molecule has 11 heteroatoms. The third kappa shape index (κ3) is 4.73. The molecular formula is C16H17BrFN3O5S. The van der Waals surface area contributed by atoms with Crippen molar-refractivity contribution in [2.24, 2.45) is 7.05 Å². The van der Waals surface area contributed by atoms with E-state index in [-0.39, 0.29) is 22.8 Å². The zero-order chi connectivity index (χ0) is 20.4. The standard InChI is InChI=1S/C16H17BrFN3O5S/c1-4-26-20-15(22)10-8-21(2)16(23)13(18)14(10)19-11-6-5-9(17)7-12(11)27(3,24)25/h5-8,19H,4H2,1-3H3,(H,20,22). The van der Waals surface area contributed by atoms with Gasteiger partial charge in [0, 0.05) is 24.0 Å². The van der Waals surface area contributed by atoms with Gasteiger partial charge in [-0.1, -0.05) is 15.9 Å². The summed E-state index contributed by atoms with van der Waals surface area (Å²) in [5.41, 5.74) is 0.458. The van der Waals surface area contributed by atoms with Crippen molar-refractivity contribution in [3.8, 4) is 0 Å². The number of aryl methyl sites for hydroxylation is 1. The number of amides is 1. The predicted octanol–water partition coefficient (Wildman–Crippen LogP) is 2.12. The van der Waals surface area contributed by atoms with E-state index in [1.165, 1.54) is 25.2 Å². The molecule has 1 aromatic heterocycles. The number of halogens is 2. The Kier molecular flexibility index (Phi) is 6.39. The highest BCUT2D eigenvalue weighted by molar-refractivity contribution is 9.10. The Morgan fingerprint density at radius 2 is 2.04 bits per heavy atom. The van der Waals surface area contributed by atoms with Crippen molar-refractivity contribution >= 4 is 43.0 Å². The predicted molar refractivity (Wildman–Crippen MR) is 101 cm³/mol. The number of nitrogens with one attached hydrogen (secondary N) is 2. The molecule has 1 amide bonds.